The molecule has 7 atom stereocenters. The van der Waals surface area contributed by atoms with Gasteiger partial charge in [-0.05, 0) is 86.5 Å². The predicted octanol–water partition coefficient (Wildman–Crippen LogP) is 4.27. The summed E-state index contributed by atoms with van der Waals surface area (Å²) < 4.78 is 0. The first-order valence-electron chi connectivity index (χ1n) is 9.71. The maximum Gasteiger partial charge on any atom is 0.155 e. The quantitative estimate of drug-likeness (QED) is 0.725. The minimum absolute atomic E-state index is 0.119. The third-order valence-corrected chi connectivity index (χ3v) is 9.62. The summed E-state index contributed by atoms with van der Waals surface area (Å²) in [5.74, 6) is 2.62. The van der Waals surface area contributed by atoms with Crippen LogP contribution in [0.25, 0.3) is 0 Å². The van der Waals surface area contributed by atoms with Gasteiger partial charge >= 0.3 is 0 Å². The van der Waals surface area contributed by atoms with Crippen molar-refractivity contribution < 1.29 is 9.90 Å². The highest BCUT2D eigenvalue weighted by atomic mass is 16.3. The van der Waals surface area contributed by atoms with Crippen LogP contribution in [-0.4, -0.2) is 16.5 Å². The molecule has 126 valence electrons. The molecular weight excluding hydrogens is 284 g/mol. The number of hydrogen-bond acceptors (Lipinski definition) is 2. The molecular formula is C21H30O2. The van der Waals surface area contributed by atoms with Crippen molar-refractivity contribution in [1.29, 1.82) is 0 Å². The summed E-state index contributed by atoms with van der Waals surface area (Å²) in [4.78, 5) is 11.9. The number of allylic oxidation sites excluding steroid dienone is 1. The molecule has 2 heteroatoms. The van der Waals surface area contributed by atoms with Gasteiger partial charge in [0.15, 0.2) is 5.78 Å². The maximum atomic E-state index is 11.9. The summed E-state index contributed by atoms with van der Waals surface area (Å²) in [5, 5.41) is 11.1. The summed E-state index contributed by atoms with van der Waals surface area (Å²) in [7, 11) is 0. The molecule has 5 aliphatic carbocycles. The SMILES string of the molecule is C[C@]12CC[C@H]3[C@@H](CCC4=CC(=O)CC[C@@]43C)[C@@]13C[C@H]3C[C@@]2(C)O. The Kier molecular flexibility index (Phi) is 2.52. The molecule has 0 aliphatic heterocycles. The Morgan fingerprint density at radius 1 is 1.04 bits per heavy atom. The highest BCUT2D eigenvalue weighted by Crippen LogP contribution is 2.84. The van der Waals surface area contributed by atoms with Gasteiger partial charge in [0.2, 0.25) is 0 Å². The second-order valence-corrected chi connectivity index (χ2v) is 10.1. The van der Waals surface area contributed by atoms with E-state index in [9.17, 15) is 9.90 Å². The number of rotatable bonds is 0. The Labute approximate surface area is 139 Å². The van der Waals surface area contributed by atoms with Crippen molar-refractivity contribution in [1.82, 2.24) is 0 Å². The number of carbonyl (C=O) groups excluding carboxylic acids is 1. The zero-order chi connectivity index (χ0) is 16.3. The predicted molar refractivity (Wildman–Crippen MR) is 89.8 cm³/mol. The van der Waals surface area contributed by atoms with E-state index in [2.05, 4.69) is 20.8 Å². The number of ketones is 1. The summed E-state index contributed by atoms with van der Waals surface area (Å²) in [5.41, 5.74) is 1.77. The molecule has 0 aromatic heterocycles. The molecule has 0 amide bonds. The smallest absolute Gasteiger partial charge is 0.155 e. The van der Waals surface area contributed by atoms with Gasteiger partial charge in [0.1, 0.15) is 0 Å². The molecule has 5 aliphatic rings. The highest BCUT2D eigenvalue weighted by molar-refractivity contribution is 5.91. The van der Waals surface area contributed by atoms with Crippen molar-refractivity contribution >= 4 is 5.78 Å². The van der Waals surface area contributed by atoms with E-state index in [1.54, 1.807) is 0 Å². The Hall–Kier alpha value is -0.630. The van der Waals surface area contributed by atoms with Crippen molar-refractivity contribution in [3.8, 4) is 0 Å². The molecule has 0 heterocycles. The molecule has 4 saturated carbocycles. The van der Waals surface area contributed by atoms with Gasteiger partial charge in [-0.15, -0.1) is 0 Å². The molecule has 0 saturated heterocycles. The molecule has 5 rings (SSSR count). The Balaban J connectivity index is 1.58. The van der Waals surface area contributed by atoms with Crippen LogP contribution in [0.15, 0.2) is 11.6 Å². The minimum Gasteiger partial charge on any atom is -0.390 e. The fraction of sp³-hybridized carbons (Fsp3) is 0.857. The Bertz CT molecular complexity index is 632. The average molecular weight is 314 g/mol. The molecule has 4 fully saturated rings. The van der Waals surface area contributed by atoms with Gasteiger partial charge in [0.05, 0.1) is 5.60 Å². The van der Waals surface area contributed by atoms with Gasteiger partial charge < -0.3 is 5.11 Å². The number of aliphatic hydroxyl groups is 1. The second kappa shape index (κ2) is 3.95. The molecule has 0 aromatic carbocycles. The van der Waals surface area contributed by atoms with E-state index in [0.29, 0.717) is 11.2 Å². The lowest BCUT2D eigenvalue weighted by atomic mass is 9.44. The van der Waals surface area contributed by atoms with Crippen molar-refractivity contribution in [2.24, 2.45) is 34.0 Å². The van der Waals surface area contributed by atoms with Gasteiger partial charge in [-0.25, -0.2) is 0 Å². The van der Waals surface area contributed by atoms with Crippen LogP contribution in [0.5, 0.6) is 0 Å². The summed E-state index contributed by atoms with van der Waals surface area (Å²) in [6.45, 7) is 6.95. The number of carbonyl (C=O) groups is 1. The lowest BCUT2D eigenvalue weighted by molar-refractivity contribution is -0.145. The summed E-state index contributed by atoms with van der Waals surface area (Å²) in [6, 6.07) is 0. The average Bonchev–Trinajstić information content (AvgIpc) is 3.13. The third-order valence-electron chi connectivity index (χ3n) is 9.62. The van der Waals surface area contributed by atoms with E-state index in [4.69, 9.17) is 0 Å². The van der Waals surface area contributed by atoms with E-state index in [1.807, 2.05) is 6.08 Å². The standard InChI is InChI=1S/C21H30O2/c1-18-8-6-15(22)10-13(18)4-5-17-16(18)7-9-19(2)20(3,23)11-14-12-21(14,17)19/h10,14,16-17,23H,4-9,11-12H2,1-3H3/t14-,16+,17-,18+,19-,20-,21+/m1/s1. The second-order valence-electron chi connectivity index (χ2n) is 10.1. The molecule has 1 N–H and O–H groups in total. The van der Waals surface area contributed by atoms with Gasteiger partial charge in [-0.2, -0.15) is 0 Å². The molecule has 0 radical (unpaired) electrons. The minimum atomic E-state index is -0.472. The van der Waals surface area contributed by atoms with Gasteiger partial charge in [0, 0.05) is 11.8 Å². The molecule has 1 spiro atoms. The van der Waals surface area contributed by atoms with Crippen LogP contribution in [0, 0.1) is 34.0 Å². The largest absolute Gasteiger partial charge is 0.390 e. The van der Waals surface area contributed by atoms with Crippen molar-refractivity contribution in [3.63, 3.8) is 0 Å². The van der Waals surface area contributed by atoms with E-state index in [-0.39, 0.29) is 10.8 Å². The van der Waals surface area contributed by atoms with Crippen molar-refractivity contribution in [2.45, 2.75) is 77.7 Å². The lowest BCUT2D eigenvalue weighted by Gasteiger charge is -2.60. The fourth-order valence-corrected chi connectivity index (χ4v) is 8.14. The summed E-state index contributed by atoms with van der Waals surface area (Å²) in [6.07, 6.45) is 11.0. The van der Waals surface area contributed by atoms with Gasteiger partial charge in [0.25, 0.3) is 0 Å². The zero-order valence-corrected chi connectivity index (χ0v) is 14.8. The van der Waals surface area contributed by atoms with Crippen LogP contribution in [0.3, 0.4) is 0 Å². The first kappa shape index (κ1) is 14.7. The van der Waals surface area contributed by atoms with Gasteiger partial charge in [-0.3, -0.25) is 4.79 Å². The van der Waals surface area contributed by atoms with E-state index in [1.165, 1.54) is 31.3 Å². The Morgan fingerprint density at radius 3 is 2.61 bits per heavy atom. The van der Waals surface area contributed by atoms with E-state index >= 15 is 0 Å². The van der Waals surface area contributed by atoms with Crippen LogP contribution in [-0.2, 0) is 4.79 Å². The lowest BCUT2D eigenvalue weighted by Crippen LogP contribution is -2.56. The number of hydrogen-bond donors (Lipinski definition) is 1. The van der Waals surface area contributed by atoms with Crippen LogP contribution < -0.4 is 0 Å². The summed E-state index contributed by atoms with van der Waals surface area (Å²) >= 11 is 0. The first-order valence-corrected chi connectivity index (χ1v) is 9.71. The van der Waals surface area contributed by atoms with Gasteiger partial charge in [-0.1, -0.05) is 19.4 Å². The normalized spacial score (nSPS) is 60.3. The molecule has 0 bridgehead atoms. The van der Waals surface area contributed by atoms with E-state index in [0.717, 1.165) is 43.4 Å². The zero-order valence-electron chi connectivity index (χ0n) is 14.8. The highest BCUT2D eigenvalue weighted by Gasteiger charge is 2.80. The Morgan fingerprint density at radius 2 is 1.83 bits per heavy atom. The van der Waals surface area contributed by atoms with Crippen LogP contribution in [0.2, 0.25) is 0 Å². The molecule has 0 aromatic rings. The maximum absolute atomic E-state index is 11.9. The number of fused-ring (bicyclic) bond motifs is 3. The van der Waals surface area contributed by atoms with E-state index < -0.39 is 5.60 Å². The van der Waals surface area contributed by atoms with Crippen molar-refractivity contribution in [3.05, 3.63) is 11.6 Å². The van der Waals surface area contributed by atoms with Crippen molar-refractivity contribution in [2.75, 3.05) is 0 Å². The third kappa shape index (κ3) is 1.45. The molecule has 0 unspecified atom stereocenters. The first-order chi connectivity index (χ1) is 10.7. The topological polar surface area (TPSA) is 37.3 Å². The fourth-order valence-electron chi connectivity index (χ4n) is 8.14. The van der Waals surface area contributed by atoms with Crippen LogP contribution in [0.4, 0.5) is 0 Å². The van der Waals surface area contributed by atoms with Crippen LogP contribution >= 0.6 is 0 Å². The van der Waals surface area contributed by atoms with Crippen LogP contribution in [0.1, 0.15) is 72.1 Å². The molecule has 2 nitrogen and oxygen atoms in total. The molecule has 23 heavy (non-hydrogen) atoms. The monoisotopic (exact) mass is 314 g/mol.